The van der Waals surface area contributed by atoms with Crippen molar-refractivity contribution in [3.05, 3.63) is 0 Å². The molecule has 0 amide bonds. The van der Waals surface area contributed by atoms with E-state index in [0.717, 1.165) is 12.8 Å². The van der Waals surface area contributed by atoms with Crippen LogP contribution in [0.2, 0.25) is 0 Å². The number of hydrogen-bond donors (Lipinski definition) is 1. The maximum Gasteiger partial charge on any atom is 0.304 e. The van der Waals surface area contributed by atoms with Crippen molar-refractivity contribution in [2.45, 2.75) is 19.3 Å². The summed E-state index contributed by atoms with van der Waals surface area (Å²) in [5.74, 6) is -0.867. The third-order valence-corrected chi connectivity index (χ3v) is 1.58. The van der Waals surface area contributed by atoms with E-state index in [1.165, 1.54) is 0 Å². The Bertz CT molecular complexity index is 176. The van der Waals surface area contributed by atoms with Crippen LogP contribution >= 0.6 is 0 Å². The van der Waals surface area contributed by atoms with Gasteiger partial charge in [0.15, 0.2) is 0 Å². The molecule has 9 heavy (non-hydrogen) atoms. The molecule has 1 saturated carbocycles. The molecule has 3 heteroatoms. The Labute approximate surface area is 52.9 Å². The summed E-state index contributed by atoms with van der Waals surface area (Å²) in [6.45, 7) is 0. The van der Waals surface area contributed by atoms with Crippen molar-refractivity contribution in [1.29, 1.82) is 5.26 Å². The summed E-state index contributed by atoms with van der Waals surface area (Å²) >= 11 is 0. The largest absolute Gasteiger partial charge is 0.481 e. The van der Waals surface area contributed by atoms with Crippen LogP contribution in [-0.2, 0) is 4.79 Å². The van der Waals surface area contributed by atoms with E-state index >= 15 is 0 Å². The highest BCUT2D eigenvalue weighted by molar-refractivity contribution is 5.69. The Balaban J connectivity index is 2.45. The van der Waals surface area contributed by atoms with Gasteiger partial charge in [-0.2, -0.15) is 5.26 Å². The maximum absolute atomic E-state index is 10.1. The van der Waals surface area contributed by atoms with Crippen molar-refractivity contribution in [3.8, 4) is 6.07 Å². The normalized spacial score (nSPS) is 20.3. The van der Waals surface area contributed by atoms with Gasteiger partial charge in [-0.05, 0) is 12.8 Å². The highest BCUT2D eigenvalue weighted by Gasteiger charge is 2.44. The molecule has 1 fully saturated rings. The number of rotatable bonds is 2. The molecule has 1 aliphatic rings. The van der Waals surface area contributed by atoms with Gasteiger partial charge in [0.25, 0.3) is 0 Å². The van der Waals surface area contributed by atoms with Crippen molar-refractivity contribution in [1.82, 2.24) is 0 Å². The lowest BCUT2D eigenvalue weighted by Crippen LogP contribution is -2.05. The summed E-state index contributed by atoms with van der Waals surface area (Å²) in [4.78, 5) is 10.1. The minimum Gasteiger partial charge on any atom is -0.481 e. The molecular weight excluding hydrogens is 118 g/mol. The van der Waals surface area contributed by atoms with Crippen LogP contribution in [0, 0.1) is 16.7 Å². The predicted molar refractivity (Wildman–Crippen MR) is 29.5 cm³/mol. The van der Waals surface area contributed by atoms with Crippen LogP contribution in [-0.4, -0.2) is 11.1 Å². The van der Waals surface area contributed by atoms with Crippen LogP contribution in [0.1, 0.15) is 19.3 Å². The Hall–Kier alpha value is -1.04. The molecule has 0 aromatic carbocycles. The lowest BCUT2D eigenvalue weighted by molar-refractivity contribution is -0.137. The SMILES string of the molecule is N#CC1(CC(=O)O)CC1. The quantitative estimate of drug-likeness (QED) is 0.592. The fraction of sp³-hybridized carbons (Fsp3) is 0.667. The van der Waals surface area contributed by atoms with Crippen molar-refractivity contribution in [2.24, 2.45) is 5.41 Å². The minimum atomic E-state index is -0.867. The number of carboxylic acid groups (broad SMARTS) is 1. The molecular formula is C6H7NO2. The topological polar surface area (TPSA) is 61.1 Å². The van der Waals surface area contributed by atoms with E-state index in [1.54, 1.807) is 0 Å². The van der Waals surface area contributed by atoms with Gasteiger partial charge in [0.05, 0.1) is 17.9 Å². The van der Waals surface area contributed by atoms with Gasteiger partial charge >= 0.3 is 5.97 Å². The van der Waals surface area contributed by atoms with Gasteiger partial charge in [-0.3, -0.25) is 4.79 Å². The molecule has 0 atom stereocenters. The van der Waals surface area contributed by atoms with Crippen LogP contribution in [0.4, 0.5) is 0 Å². The van der Waals surface area contributed by atoms with Crippen LogP contribution < -0.4 is 0 Å². The first kappa shape index (κ1) is 6.09. The zero-order chi connectivity index (χ0) is 6.91. The average molecular weight is 125 g/mol. The molecule has 0 unspecified atom stereocenters. The molecule has 0 spiro atoms. The number of nitriles is 1. The van der Waals surface area contributed by atoms with Gasteiger partial charge < -0.3 is 5.11 Å². The van der Waals surface area contributed by atoms with Gasteiger partial charge in [-0.15, -0.1) is 0 Å². The summed E-state index contributed by atoms with van der Waals surface area (Å²) in [5.41, 5.74) is -0.480. The van der Waals surface area contributed by atoms with Crippen LogP contribution in [0.5, 0.6) is 0 Å². The molecule has 0 aromatic rings. The molecule has 48 valence electrons. The molecule has 0 saturated heterocycles. The van der Waals surface area contributed by atoms with E-state index in [1.807, 2.05) is 6.07 Å². The number of carbonyl (C=O) groups is 1. The summed E-state index contributed by atoms with van der Waals surface area (Å²) in [5, 5.41) is 16.7. The molecule has 0 bridgehead atoms. The second-order valence-electron chi connectivity index (χ2n) is 2.46. The fourth-order valence-electron chi connectivity index (χ4n) is 0.768. The van der Waals surface area contributed by atoms with Crippen molar-refractivity contribution < 1.29 is 9.90 Å². The van der Waals surface area contributed by atoms with Crippen molar-refractivity contribution in [3.63, 3.8) is 0 Å². The molecule has 1 aliphatic carbocycles. The van der Waals surface area contributed by atoms with Crippen molar-refractivity contribution in [2.75, 3.05) is 0 Å². The fourth-order valence-corrected chi connectivity index (χ4v) is 0.768. The first-order chi connectivity index (χ1) is 4.18. The van der Waals surface area contributed by atoms with E-state index in [-0.39, 0.29) is 6.42 Å². The number of aliphatic carboxylic acids is 1. The maximum atomic E-state index is 10.1. The van der Waals surface area contributed by atoms with E-state index in [9.17, 15) is 4.79 Å². The molecule has 0 aliphatic heterocycles. The van der Waals surface area contributed by atoms with E-state index in [2.05, 4.69) is 0 Å². The van der Waals surface area contributed by atoms with Gasteiger partial charge in [0.2, 0.25) is 0 Å². The van der Waals surface area contributed by atoms with Crippen LogP contribution in [0.3, 0.4) is 0 Å². The summed E-state index contributed by atoms with van der Waals surface area (Å²) in [6, 6.07) is 2.00. The highest BCUT2D eigenvalue weighted by Crippen LogP contribution is 2.47. The zero-order valence-electron chi connectivity index (χ0n) is 4.92. The third-order valence-electron chi connectivity index (χ3n) is 1.58. The average Bonchev–Trinajstić information content (AvgIpc) is 2.48. The number of carboxylic acids is 1. The second kappa shape index (κ2) is 1.73. The van der Waals surface area contributed by atoms with Crippen LogP contribution in [0.15, 0.2) is 0 Å². The van der Waals surface area contributed by atoms with Gasteiger partial charge in [0, 0.05) is 0 Å². The Morgan fingerprint density at radius 2 is 2.33 bits per heavy atom. The Morgan fingerprint density at radius 1 is 1.78 bits per heavy atom. The summed E-state index contributed by atoms with van der Waals surface area (Å²) in [7, 11) is 0. The van der Waals surface area contributed by atoms with Gasteiger partial charge in [0.1, 0.15) is 0 Å². The molecule has 1 rings (SSSR count). The molecule has 1 N–H and O–H groups in total. The first-order valence-corrected chi connectivity index (χ1v) is 2.82. The Kier molecular flexibility index (Phi) is 1.17. The standard InChI is InChI=1S/C6H7NO2/c7-4-6(1-2-6)3-5(8)9/h1-3H2,(H,8,9). The smallest absolute Gasteiger partial charge is 0.304 e. The lowest BCUT2D eigenvalue weighted by Gasteiger charge is -1.96. The van der Waals surface area contributed by atoms with E-state index < -0.39 is 11.4 Å². The number of hydrogen-bond acceptors (Lipinski definition) is 2. The van der Waals surface area contributed by atoms with Gasteiger partial charge in [-0.25, -0.2) is 0 Å². The number of nitrogens with zero attached hydrogens (tertiary/aromatic N) is 1. The monoisotopic (exact) mass is 125 g/mol. The molecule has 3 nitrogen and oxygen atoms in total. The van der Waals surface area contributed by atoms with Crippen molar-refractivity contribution >= 4 is 5.97 Å². The highest BCUT2D eigenvalue weighted by atomic mass is 16.4. The summed E-state index contributed by atoms with van der Waals surface area (Å²) in [6.07, 6.45) is 1.54. The Morgan fingerprint density at radius 3 is 2.44 bits per heavy atom. The summed E-state index contributed by atoms with van der Waals surface area (Å²) < 4.78 is 0. The zero-order valence-corrected chi connectivity index (χ0v) is 4.92. The first-order valence-electron chi connectivity index (χ1n) is 2.82. The van der Waals surface area contributed by atoms with Gasteiger partial charge in [-0.1, -0.05) is 0 Å². The van der Waals surface area contributed by atoms with E-state index in [0.29, 0.717) is 0 Å². The third kappa shape index (κ3) is 1.20. The second-order valence-corrected chi connectivity index (χ2v) is 2.46. The molecule has 0 radical (unpaired) electrons. The van der Waals surface area contributed by atoms with Crippen LogP contribution in [0.25, 0.3) is 0 Å². The van der Waals surface area contributed by atoms with E-state index in [4.69, 9.17) is 10.4 Å². The minimum absolute atomic E-state index is 0.0174. The predicted octanol–water partition coefficient (Wildman–Crippen LogP) is 0.765. The molecule has 0 heterocycles. The lowest BCUT2D eigenvalue weighted by atomic mass is 10.1. The molecule has 0 aromatic heterocycles.